The van der Waals surface area contributed by atoms with Crippen LogP contribution in [0.1, 0.15) is 23.1 Å². The third kappa shape index (κ3) is 4.80. The van der Waals surface area contributed by atoms with Crippen molar-refractivity contribution in [1.82, 2.24) is 15.2 Å². The van der Waals surface area contributed by atoms with Crippen molar-refractivity contribution in [2.75, 3.05) is 26.3 Å². The number of hydrogen-bond donors (Lipinski definition) is 2. The van der Waals surface area contributed by atoms with Crippen LogP contribution in [0, 0.1) is 0 Å². The molecule has 2 aromatic carbocycles. The zero-order valence-electron chi connectivity index (χ0n) is 16.1. The van der Waals surface area contributed by atoms with Crippen LogP contribution in [-0.4, -0.2) is 42.1 Å². The molecular formula is C23H27N3O2. The Labute approximate surface area is 165 Å². The van der Waals surface area contributed by atoms with E-state index >= 15 is 0 Å². The monoisotopic (exact) mass is 377 g/mol. The fourth-order valence-corrected chi connectivity index (χ4v) is 3.66. The van der Waals surface area contributed by atoms with Gasteiger partial charge in [-0.25, -0.2) is 0 Å². The zero-order valence-corrected chi connectivity index (χ0v) is 16.1. The van der Waals surface area contributed by atoms with Crippen LogP contribution in [0.2, 0.25) is 0 Å². The first kappa shape index (κ1) is 18.7. The summed E-state index contributed by atoms with van der Waals surface area (Å²) in [6.07, 6.45) is 3.25. The Bertz CT molecular complexity index is 911. The minimum Gasteiger partial charge on any atom is -0.379 e. The Morgan fingerprint density at radius 2 is 1.79 bits per heavy atom. The van der Waals surface area contributed by atoms with Gasteiger partial charge in [0.2, 0.25) is 5.91 Å². The maximum Gasteiger partial charge on any atom is 0.220 e. The highest BCUT2D eigenvalue weighted by Gasteiger charge is 2.11. The van der Waals surface area contributed by atoms with E-state index in [2.05, 4.69) is 51.6 Å². The molecule has 0 saturated carbocycles. The van der Waals surface area contributed by atoms with Crippen molar-refractivity contribution < 1.29 is 9.53 Å². The van der Waals surface area contributed by atoms with Crippen LogP contribution in [0.4, 0.5) is 0 Å². The van der Waals surface area contributed by atoms with Gasteiger partial charge in [0.1, 0.15) is 0 Å². The van der Waals surface area contributed by atoms with E-state index in [1.165, 1.54) is 16.5 Å². The fraction of sp³-hybridized carbons (Fsp3) is 0.348. The number of nitrogens with zero attached hydrogens (tertiary/aromatic N) is 1. The summed E-state index contributed by atoms with van der Waals surface area (Å²) in [6, 6.07) is 16.7. The van der Waals surface area contributed by atoms with Crippen molar-refractivity contribution in [2.24, 2.45) is 0 Å². The van der Waals surface area contributed by atoms with Crippen LogP contribution in [0.5, 0.6) is 0 Å². The number of ether oxygens (including phenoxy) is 1. The van der Waals surface area contributed by atoms with Gasteiger partial charge in [0, 0.05) is 49.7 Å². The zero-order chi connectivity index (χ0) is 19.2. The highest BCUT2D eigenvalue weighted by Crippen LogP contribution is 2.19. The van der Waals surface area contributed by atoms with Gasteiger partial charge in [0.25, 0.3) is 0 Å². The molecule has 0 unspecified atom stereocenters. The molecule has 3 aromatic rings. The molecule has 1 aliphatic rings. The molecule has 5 nitrogen and oxygen atoms in total. The van der Waals surface area contributed by atoms with Gasteiger partial charge in [-0.05, 0) is 29.2 Å². The summed E-state index contributed by atoms with van der Waals surface area (Å²) in [5.74, 6) is 0.0858. The van der Waals surface area contributed by atoms with E-state index in [1.807, 2.05) is 18.3 Å². The quantitative estimate of drug-likeness (QED) is 0.665. The van der Waals surface area contributed by atoms with E-state index in [1.54, 1.807) is 0 Å². The standard InChI is InChI=1S/C23H27N3O2/c27-23(10-9-20-16-24-22-4-2-1-3-21(20)22)25-15-18-5-7-19(8-6-18)17-26-11-13-28-14-12-26/h1-8,16,24H,9-15,17H2,(H,25,27). The minimum absolute atomic E-state index is 0.0858. The van der Waals surface area contributed by atoms with E-state index < -0.39 is 0 Å². The molecule has 1 fully saturated rings. The van der Waals surface area contributed by atoms with Crippen LogP contribution in [0.3, 0.4) is 0 Å². The first-order valence-electron chi connectivity index (χ1n) is 9.97. The lowest BCUT2D eigenvalue weighted by molar-refractivity contribution is -0.121. The third-order valence-electron chi connectivity index (χ3n) is 5.32. The third-order valence-corrected chi connectivity index (χ3v) is 5.32. The lowest BCUT2D eigenvalue weighted by atomic mass is 10.1. The molecule has 0 aliphatic carbocycles. The number of rotatable bonds is 7. The number of aryl methyl sites for hydroxylation is 1. The van der Waals surface area contributed by atoms with Gasteiger partial charge in [-0.1, -0.05) is 42.5 Å². The number of benzene rings is 2. The molecule has 1 amide bonds. The number of morpholine rings is 1. The first-order valence-corrected chi connectivity index (χ1v) is 9.97. The molecule has 2 heterocycles. The van der Waals surface area contributed by atoms with E-state index in [4.69, 9.17) is 4.74 Å². The molecule has 4 rings (SSSR count). The van der Waals surface area contributed by atoms with Crippen molar-refractivity contribution in [3.63, 3.8) is 0 Å². The SMILES string of the molecule is O=C(CCc1c[nH]c2ccccc12)NCc1ccc(CN2CCOCC2)cc1. The number of nitrogens with one attached hydrogen (secondary N) is 2. The molecule has 0 spiro atoms. The Morgan fingerprint density at radius 1 is 1.04 bits per heavy atom. The van der Waals surface area contributed by atoms with Crippen molar-refractivity contribution in [3.8, 4) is 0 Å². The topological polar surface area (TPSA) is 57.4 Å². The summed E-state index contributed by atoms with van der Waals surface area (Å²) in [5, 5.41) is 4.23. The number of amides is 1. The van der Waals surface area contributed by atoms with Gasteiger partial charge in [-0.2, -0.15) is 0 Å². The summed E-state index contributed by atoms with van der Waals surface area (Å²) in [5.41, 5.74) is 4.75. The second-order valence-electron chi connectivity index (χ2n) is 7.34. The van der Waals surface area contributed by atoms with Gasteiger partial charge >= 0.3 is 0 Å². The van der Waals surface area contributed by atoms with Crippen LogP contribution in [0.25, 0.3) is 10.9 Å². The summed E-state index contributed by atoms with van der Waals surface area (Å²) >= 11 is 0. The lowest BCUT2D eigenvalue weighted by Crippen LogP contribution is -2.35. The Balaban J connectivity index is 1.23. The maximum atomic E-state index is 12.2. The maximum absolute atomic E-state index is 12.2. The molecule has 2 N–H and O–H groups in total. The van der Waals surface area contributed by atoms with Gasteiger partial charge < -0.3 is 15.0 Å². The first-order chi connectivity index (χ1) is 13.8. The molecule has 146 valence electrons. The number of fused-ring (bicyclic) bond motifs is 1. The molecule has 5 heteroatoms. The van der Waals surface area contributed by atoms with Crippen molar-refractivity contribution in [3.05, 3.63) is 71.4 Å². The fourth-order valence-electron chi connectivity index (χ4n) is 3.66. The van der Waals surface area contributed by atoms with E-state index in [9.17, 15) is 4.79 Å². The highest BCUT2D eigenvalue weighted by atomic mass is 16.5. The second kappa shape index (κ2) is 9.04. The Hall–Kier alpha value is -2.63. The number of aromatic amines is 1. The largest absolute Gasteiger partial charge is 0.379 e. The Kier molecular flexibility index (Phi) is 6.04. The predicted molar refractivity (Wildman–Crippen MR) is 111 cm³/mol. The van der Waals surface area contributed by atoms with Gasteiger partial charge in [-0.15, -0.1) is 0 Å². The van der Waals surface area contributed by atoms with Crippen molar-refractivity contribution >= 4 is 16.8 Å². The number of para-hydroxylation sites is 1. The normalized spacial score (nSPS) is 15.0. The molecular weight excluding hydrogens is 350 g/mol. The number of hydrogen-bond acceptors (Lipinski definition) is 3. The van der Waals surface area contributed by atoms with E-state index in [0.29, 0.717) is 13.0 Å². The summed E-state index contributed by atoms with van der Waals surface area (Å²) in [7, 11) is 0. The van der Waals surface area contributed by atoms with Crippen molar-refractivity contribution in [2.45, 2.75) is 25.9 Å². The molecule has 28 heavy (non-hydrogen) atoms. The smallest absolute Gasteiger partial charge is 0.220 e. The van der Waals surface area contributed by atoms with Gasteiger partial charge in [0.05, 0.1) is 13.2 Å². The molecule has 0 bridgehead atoms. The van der Waals surface area contributed by atoms with Crippen LogP contribution < -0.4 is 5.32 Å². The molecule has 1 saturated heterocycles. The highest BCUT2D eigenvalue weighted by molar-refractivity contribution is 5.84. The van der Waals surface area contributed by atoms with E-state index in [0.717, 1.165) is 50.3 Å². The lowest BCUT2D eigenvalue weighted by Gasteiger charge is -2.26. The van der Waals surface area contributed by atoms with Crippen LogP contribution in [0.15, 0.2) is 54.7 Å². The average Bonchev–Trinajstić information content (AvgIpc) is 3.16. The summed E-state index contributed by atoms with van der Waals surface area (Å²) in [4.78, 5) is 17.9. The van der Waals surface area contributed by atoms with Crippen LogP contribution >= 0.6 is 0 Å². The number of carbonyl (C=O) groups is 1. The summed E-state index contributed by atoms with van der Waals surface area (Å²) in [6.45, 7) is 5.17. The van der Waals surface area contributed by atoms with Gasteiger partial charge in [-0.3, -0.25) is 9.69 Å². The molecule has 1 aliphatic heterocycles. The van der Waals surface area contributed by atoms with E-state index in [-0.39, 0.29) is 5.91 Å². The second-order valence-corrected chi connectivity index (χ2v) is 7.34. The molecule has 0 radical (unpaired) electrons. The summed E-state index contributed by atoms with van der Waals surface area (Å²) < 4.78 is 5.39. The number of carbonyl (C=O) groups excluding carboxylic acids is 1. The number of aromatic nitrogens is 1. The van der Waals surface area contributed by atoms with Crippen molar-refractivity contribution in [1.29, 1.82) is 0 Å². The molecule has 1 aromatic heterocycles. The Morgan fingerprint density at radius 3 is 2.61 bits per heavy atom. The predicted octanol–water partition coefficient (Wildman–Crippen LogP) is 3.25. The van der Waals surface area contributed by atoms with Gasteiger partial charge in [0.15, 0.2) is 0 Å². The average molecular weight is 377 g/mol. The van der Waals surface area contributed by atoms with Crippen LogP contribution in [-0.2, 0) is 29.0 Å². The number of H-pyrrole nitrogens is 1. The minimum atomic E-state index is 0.0858. The molecule has 0 atom stereocenters.